The fraction of sp³-hybridized carbons (Fsp3) is 0.533. The zero-order valence-corrected chi connectivity index (χ0v) is 11.9. The molecule has 0 amide bonds. The van der Waals surface area contributed by atoms with E-state index in [4.69, 9.17) is 5.11 Å². The molecule has 1 N–H and O–H groups in total. The van der Waals surface area contributed by atoms with Crippen molar-refractivity contribution in [3.63, 3.8) is 0 Å². The number of hydrogen-bond acceptors (Lipinski definition) is 2. The molecule has 21 heavy (non-hydrogen) atoms. The second-order valence-corrected chi connectivity index (χ2v) is 5.51. The van der Waals surface area contributed by atoms with E-state index in [9.17, 15) is 18.0 Å². The summed E-state index contributed by atoms with van der Waals surface area (Å²) >= 11 is 0. The van der Waals surface area contributed by atoms with Crippen molar-refractivity contribution in [2.45, 2.75) is 38.5 Å². The number of likely N-dealkylation sites (tertiary alicyclic amines) is 1. The number of rotatable bonds is 3. The summed E-state index contributed by atoms with van der Waals surface area (Å²) in [6, 6.07) is 4.84. The molecule has 1 fully saturated rings. The first-order chi connectivity index (χ1) is 9.71. The molecule has 2 rings (SSSR count). The maximum absolute atomic E-state index is 12.5. The van der Waals surface area contributed by atoms with Crippen molar-refractivity contribution in [1.29, 1.82) is 0 Å². The summed E-state index contributed by atoms with van der Waals surface area (Å²) in [6.45, 7) is 4.38. The molecule has 6 heteroatoms. The van der Waals surface area contributed by atoms with Gasteiger partial charge in [-0.15, -0.1) is 0 Å². The van der Waals surface area contributed by atoms with E-state index in [1.165, 1.54) is 12.1 Å². The van der Waals surface area contributed by atoms with Gasteiger partial charge in [0.1, 0.15) is 0 Å². The third-order valence-corrected chi connectivity index (χ3v) is 4.34. The lowest BCUT2D eigenvalue weighted by atomic mass is 10.0. The van der Waals surface area contributed by atoms with Gasteiger partial charge < -0.3 is 5.11 Å². The largest absolute Gasteiger partial charge is 0.481 e. The Morgan fingerprint density at radius 3 is 2.33 bits per heavy atom. The van der Waals surface area contributed by atoms with Gasteiger partial charge in [0.15, 0.2) is 0 Å². The molecule has 1 heterocycles. The summed E-state index contributed by atoms with van der Waals surface area (Å²) < 4.78 is 37.6. The van der Waals surface area contributed by atoms with Crippen LogP contribution >= 0.6 is 0 Å². The summed E-state index contributed by atoms with van der Waals surface area (Å²) in [7, 11) is 0. The van der Waals surface area contributed by atoms with Crippen molar-refractivity contribution >= 4 is 5.97 Å². The van der Waals surface area contributed by atoms with E-state index in [2.05, 4.69) is 0 Å². The average molecular weight is 301 g/mol. The van der Waals surface area contributed by atoms with E-state index in [0.29, 0.717) is 13.0 Å². The molecule has 0 spiro atoms. The van der Waals surface area contributed by atoms with Crippen LogP contribution in [0.3, 0.4) is 0 Å². The molecule has 1 aliphatic rings. The number of carboxylic acids is 1. The zero-order chi connectivity index (χ0) is 15.8. The average Bonchev–Trinajstić information content (AvgIpc) is 2.79. The maximum atomic E-state index is 12.5. The first-order valence-electron chi connectivity index (χ1n) is 6.87. The Hall–Kier alpha value is -1.56. The van der Waals surface area contributed by atoms with Crippen LogP contribution in [0.2, 0.25) is 0 Å². The topological polar surface area (TPSA) is 40.5 Å². The fourth-order valence-corrected chi connectivity index (χ4v) is 2.98. The van der Waals surface area contributed by atoms with Crippen LogP contribution in [0.4, 0.5) is 13.2 Å². The first-order valence-corrected chi connectivity index (χ1v) is 6.87. The Morgan fingerprint density at radius 2 is 1.90 bits per heavy atom. The molecule has 3 nitrogen and oxygen atoms in total. The van der Waals surface area contributed by atoms with Crippen LogP contribution < -0.4 is 0 Å². The van der Waals surface area contributed by atoms with E-state index < -0.39 is 23.6 Å². The maximum Gasteiger partial charge on any atom is 0.416 e. The van der Waals surface area contributed by atoms with Gasteiger partial charge in [0.05, 0.1) is 11.5 Å². The Labute approximate surface area is 121 Å². The lowest BCUT2D eigenvalue weighted by Crippen LogP contribution is -2.34. The Kier molecular flexibility index (Phi) is 4.27. The van der Waals surface area contributed by atoms with Crippen LogP contribution in [0.5, 0.6) is 0 Å². The van der Waals surface area contributed by atoms with Crippen LogP contribution in [-0.4, -0.2) is 28.6 Å². The third kappa shape index (κ3) is 3.20. The summed E-state index contributed by atoms with van der Waals surface area (Å²) in [5.74, 6) is -1.23. The van der Waals surface area contributed by atoms with Crippen molar-refractivity contribution in [1.82, 2.24) is 4.90 Å². The van der Waals surface area contributed by atoms with Gasteiger partial charge in [0.2, 0.25) is 0 Å². The molecule has 0 aliphatic carbocycles. The monoisotopic (exact) mass is 301 g/mol. The Balaban J connectivity index is 2.14. The first kappa shape index (κ1) is 15.8. The van der Waals surface area contributed by atoms with Crippen molar-refractivity contribution in [2.24, 2.45) is 5.92 Å². The number of carboxylic acid groups (broad SMARTS) is 1. The molecule has 1 aromatic carbocycles. The molecule has 0 aromatic heterocycles. The number of halogens is 3. The van der Waals surface area contributed by atoms with Crippen molar-refractivity contribution < 1.29 is 23.1 Å². The minimum atomic E-state index is -4.34. The van der Waals surface area contributed by atoms with Crippen LogP contribution in [-0.2, 0) is 11.0 Å². The quantitative estimate of drug-likeness (QED) is 0.928. The van der Waals surface area contributed by atoms with Crippen molar-refractivity contribution in [2.75, 3.05) is 6.54 Å². The van der Waals surface area contributed by atoms with Crippen molar-refractivity contribution in [3.8, 4) is 0 Å². The summed E-state index contributed by atoms with van der Waals surface area (Å²) in [6.07, 6.45) is -3.77. The molecule has 1 aliphatic heterocycles. The SMILES string of the molecule is CC(c1ccc(C(F)(F)F)cc1)N1CCC(C(=O)O)C1C. The van der Waals surface area contributed by atoms with Gasteiger partial charge in [-0.3, -0.25) is 9.69 Å². The molecule has 3 atom stereocenters. The molecule has 1 saturated heterocycles. The summed E-state index contributed by atoms with van der Waals surface area (Å²) in [4.78, 5) is 13.1. The van der Waals surface area contributed by atoms with Gasteiger partial charge >= 0.3 is 12.1 Å². The highest BCUT2D eigenvalue weighted by Gasteiger charge is 2.38. The van der Waals surface area contributed by atoms with E-state index in [1.54, 1.807) is 0 Å². The van der Waals surface area contributed by atoms with Gasteiger partial charge in [-0.2, -0.15) is 13.2 Å². The highest BCUT2D eigenvalue weighted by molar-refractivity contribution is 5.71. The second kappa shape index (κ2) is 5.67. The molecule has 1 aromatic rings. The van der Waals surface area contributed by atoms with Gasteiger partial charge in [-0.1, -0.05) is 12.1 Å². The van der Waals surface area contributed by atoms with Gasteiger partial charge in [0.25, 0.3) is 0 Å². The number of carbonyl (C=O) groups is 1. The van der Waals surface area contributed by atoms with Crippen LogP contribution in [0, 0.1) is 5.92 Å². The van der Waals surface area contributed by atoms with E-state index >= 15 is 0 Å². The number of hydrogen-bond donors (Lipinski definition) is 1. The molecule has 116 valence electrons. The molecule has 3 unspecified atom stereocenters. The minimum Gasteiger partial charge on any atom is -0.481 e. The lowest BCUT2D eigenvalue weighted by Gasteiger charge is -2.30. The van der Waals surface area contributed by atoms with E-state index in [0.717, 1.165) is 17.7 Å². The van der Waals surface area contributed by atoms with Crippen LogP contribution in [0.1, 0.15) is 37.4 Å². The second-order valence-electron chi connectivity index (χ2n) is 5.51. The highest BCUT2D eigenvalue weighted by atomic mass is 19.4. The number of aliphatic carboxylic acids is 1. The predicted molar refractivity (Wildman–Crippen MR) is 71.8 cm³/mol. The summed E-state index contributed by atoms with van der Waals surface area (Å²) in [5.41, 5.74) is 0.0946. The summed E-state index contributed by atoms with van der Waals surface area (Å²) in [5, 5.41) is 9.13. The smallest absolute Gasteiger partial charge is 0.416 e. The molecule has 0 saturated carbocycles. The van der Waals surface area contributed by atoms with Crippen LogP contribution in [0.25, 0.3) is 0 Å². The Morgan fingerprint density at radius 1 is 1.33 bits per heavy atom. The number of benzene rings is 1. The molecule has 0 bridgehead atoms. The molecule has 0 radical (unpaired) electrons. The lowest BCUT2D eigenvalue weighted by molar-refractivity contribution is -0.142. The minimum absolute atomic E-state index is 0.105. The van der Waals surface area contributed by atoms with E-state index in [1.807, 2.05) is 18.7 Å². The van der Waals surface area contributed by atoms with E-state index in [-0.39, 0.29) is 12.1 Å². The normalized spacial score (nSPS) is 25.0. The zero-order valence-electron chi connectivity index (χ0n) is 11.9. The standard InChI is InChI=1S/C15H18F3NO2/c1-9(19-8-7-13(10(19)2)14(20)21)11-3-5-12(6-4-11)15(16,17)18/h3-6,9-10,13H,7-8H2,1-2H3,(H,20,21). The van der Waals surface area contributed by atoms with Gasteiger partial charge in [0, 0.05) is 12.1 Å². The number of alkyl halides is 3. The Bertz CT molecular complexity index is 513. The number of nitrogens with zero attached hydrogens (tertiary/aromatic N) is 1. The molecular weight excluding hydrogens is 283 g/mol. The van der Waals surface area contributed by atoms with Gasteiger partial charge in [-0.25, -0.2) is 0 Å². The van der Waals surface area contributed by atoms with Crippen LogP contribution in [0.15, 0.2) is 24.3 Å². The highest BCUT2D eigenvalue weighted by Crippen LogP contribution is 2.34. The third-order valence-electron chi connectivity index (χ3n) is 4.34. The van der Waals surface area contributed by atoms with Crippen molar-refractivity contribution in [3.05, 3.63) is 35.4 Å². The predicted octanol–water partition coefficient (Wildman–Crippen LogP) is 3.56. The van der Waals surface area contributed by atoms with Gasteiger partial charge in [-0.05, 0) is 44.5 Å². The molecular formula is C15H18F3NO2. The fourth-order valence-electron chi connectivity index (χ4n) is 2.98.